The molecule has 11 heteroatoms. The molecule has 2 aliphatic rings. The number of hydrogen-bond donors (Lipinski definition) is 1. The summed E-state index contributed by atoms with van der Waals surface area (Å²) in [6.45, 7) is 5.18. The second kappa shape index (κ2) is 13.4. The minimum atomic E-state index is -1.03. The SMILES string of the molecule is CC(=O)c1cccc(N(C(=O)Cn2nnc3ccccc32)[C@H](C(=O)NC[C@@H]2CCCO2)c2ccc(N3CCOCC3)cc2)c1. The number of morpholine rings is 1. The summed E-state index contributed by atoms with van der Waals surface area (Å²) in [4.78, 5) is 44.6. The van der Waals surface area contributed by atoms with Crippen molar-refractivity contribution in [2.75, 3.05) is 49.3 Å². The molecule has 3 aromatic carbocycles. The Morgan fingerprint density at radius 2 is 1.80 bits per heavy atom. The van der Waals surface area contributed by atoms with Crippen LogP contribution in [-0.4, -0.2) is 78.2 Å². The Labute approximate surface area is 255 Å². The molecule has 2 amide bonds. The first kappa shape index (κ1) is 29.5. The number of benzene rings is 3. The Hall–Kier alpha value is -4.61. The van der Waals surface area contributed by atoms with Gasteiger partial charge < -0.3 is 19.7 Å². The summed E-state index contributed by atoms with van der Waals surface area (Å²) in [5.74, 6) is -0.865. The van der Waals surface area contributed by atoms with Crippen LogP contribution in [0.3, 0.4) is 0 Å². The molecule has 4 aromatic rings. The molecule has 228 valence electrons. The number of carbonyl (C=O) groups is 3. The Kier molecular flexibility index (Phi) is 8.94. The number of nitrogens with one attached hydrogen (secondary N) is 1. The Morgan fingerprint density at radius 1 is 1.00 bits per heavy atom. The quantitative estimate of drug-likeness (QED) is 0.276. The van der Waals surface area contributed by atoms with Gasteiger partial charge in [-0.2, -0.15) is 0 Å². The summed E-state index contributed by atoms with van der Waals surface area (Å²) in [6.07, 6.45) is 1.73. The number of rotatable bonds is 10. The van der Waals surface area contributed by atoms with Gasteiger partial charge in [0.1, 0.15) is 18.1 Å². The van der Waals surface area contributed by atoms with E-state index in [1.54, 1.807) is 24.3 Å². The van der Waals surface area contributed by atoms with E-state index < -0.39 is 6.04 Å². The first-order valence-electron chi connectivity index (χ1n) is 15.0. The van der Waals surface area contributed by atoms with Crippen molar-refractivity contribution in [2.45, 2.75) is 38.5 Å². The fourth-order valence-electron chi connectivity index (χ4n) is 5.77. The van der Waals surface area contributed by atoms with Crippen LogP contribution >= 0.6 is 0 Å². The van der Waals surface area contributed by atoms with Crippen LogP contribution in [0.1, 0.15) is 41.7 Å². The maximum Gasteiger partial charge on any atom is 0.249 e. The largest absolute Gasteiger partial charge is 0.378 e. The van der Waals surface area contributed by atoms with E-state index in [0.29, 0.717) is 54.2 Å². The first-order valence-corrected chi connectivity index (χ1v) is 15.0. The third kappa shape index (κ3) is 6.48. The lowest BCUT2D eigenvalue weighted by Gasteiger charge is -2.33. The van der Waals surface area contributed by atoms with Crippen molar-refractivity contribution in [3.63, 3.8) is 0 Å². The number of amides is 2. The van der Waals surface area contributed by atoms with E-state index in [1.165, 1.54) is 16.5 Å². The average molecular weight is 597 g/mol. The lowest BCUT2D eigenvalue weighted by molar-refractivity contribution is -0.127. The minimum Gasteiger partial charge on any atom is -0.378 e. The summed E-state index contributed by atoms with van der Waals surface area (Å²) in [5.41, 5.74) is 3.88. The molecule has 2 aliphatic heterocycles. The first-order chi connectivity index (χ1) is 21.5. The van der Waals surface area contributed by atoms with Crippen molar-refractivity contribution < 1.29 is 23.9 Å². The number of carbonyl (C=O) groups excluding carboxylic acids is 3. The summed E-state index contributed by atoms with van der Waals surface area (Å²) in [5, 5.41) is 11.5. The number of nitrogens with zero attached hydrogens (tertiary/aromatic N) is 5. The predicted octanol–water partition coefficient (Wildman–Crippen LogP) is 3.54. The van der Waals surface area contributed by atoms with Gasteiger partial charge in [-0.15, -0.1) is 5.10 Å². The molecule has 0 spiro atoms. The van der Waals surface area contributed by atoms with Crippen LogP contribution in [0.25, 0.3) is 11.0 Å². The maximum atomic E-state index is 14.4. The van der Waals surface area contributed by atoms with E-state index in [2.05, 4.69) is 20.5 Å². The number of ether oxygens (including phenoxy) is 2. The van der Waals surface area contributed by atoms with Crippen molar-refractivity contribution in [3.8, 4) is 0 Å². The molecule has 2 fully saturated rings. The van der Waals surface area contributed by atoms with Gasteiger partial charge in [-0.25, -0.2) is 4.68 Å². The van der Waals surface area contributed by atoms with E-state index in [1.807, 2.05) is 48.5 Å². The van der Waals surface area contributed by atoms with E-state index >= 15 is 0 Å². The van der Waals surface area contributed by atoms with Gasteiger partial charge >= 0.3 is 0 Å². The number of aromatic nitrogens is 3. The molecular formula is C33H36N6O5. The summed E-state index contributed by atoms with van der Waals surface area (Å²) in [7, 11) is 0. The van der Waals surface area contributed by atoms with Gasteiger partial charge in [-0.05, 0) is 61.7 Å². The van der Waals surface area contributed by atoms with Crippen molar-refractivity contribution in [2.24, 2.45) is 0 Å². The molecule has 0 bridgehead atoms. The molecule has 44 heavy (non-hydrogen) atoms. The van der Waals surface area contributed by atoms with Crippen LogP contribution in [0, 0.1) is 0 Å². The molecular weight excluding hydrogens is 560 g/mol. The zero-order valence-electron chi connectivity index (χ0n) is 24.7. The second-order valence-corrected chi connectivity index (χ2v) is 11.1. The number of hydrogen-bond acceptors (Lipinski definition) is 8. The van der Waals surface area contributed by atoms with E-state index in [9.17, 15) is 14.4 Å². The van der Waals surface area contributed by atoms with Crippen LogP contribution in [0.15, 0.2) is 72.8 Å². The van der Waals surface area contributed by atoms with Gasteiger partial charge in [-0.1, -0.05) is 41.6 Å². The summed E-state index contributed by atoms with van der Waals surface area (Å²) < 4.78 is 12.8. The molecule has 2 saturated heterocycles. The van der Waals surface area contributed by atoms with Gasteiger partial charge in [0.25, 0.3) is 0 Å². The lowest BCUT2D eigenvalue weighted by Crippen LogP contribution is -2.46. The number of Topliss-reactive ketones (excluding diaryl/α,β-unsaturated/α-hetero) is 1. The molecule has 6 rings (SSSR count). The van der Waals surface area contributed by atoms with Crippen LogP contribution in [0.5, 0.6) is 0 Å². The number of para-hydroxylation sites is 1. The Balaban J connectivity index is 1.39. The highest BCUT2D eigenvalue weighted by atomic mass is 16.5. The normalized spacial score (nSPS) is 17.4. The second-order valence-electron chi connectivity index (χ2n) is 11.1. The Bertz CT molecular complexity index is 1630. The monoisotopic (exact) mass is 596 g/mol. The van der Waals surface area contributed by atoms with Crippen LogP contribution in [-0.2, 0) is 25.6 Å². The van der Waals surface area contributed by atoms with E-state index in [0.717, 1.165) is 31.6 Å². The molecule has 0 unspecified atom stereocenters. The van der Waals surface area contributed by atoms with Crippen molar-refractivity contribution in [3.05, 3.63) is 83.9 Å². The molecule has 0 saturated carbocycles. The van der Waals surface area contributed by atoms with Crippen molar-refractivity contribution in [1.82, 2.24) is 20.3 Å². The fraction of sp³-hybridized carbons (Fsp3) is 0.364. The highest BCUT2D eigenvalue weighted by Gasteiger charge is 2.34. The molecule has 0 radical (unpaired) electrons. The van der Waals surface area contributed by atoms with Crippen LogP contribution < -0.4 is 15.1 Å². The minimum absolute atomic E-state index is 0.0741. The topological polar surface area (TPSA) is 119 Å². The Morgan fingerprint density at radius 3 is 2.55 bits per heavy atom. The number of anilines is 2. The fourth-order valence-corrected chi connectivity index (χ4v) is 5.77. The van der Waals surface area contributed by atoms with Gasteiger partial charge in [0.05, 0.1) is 24.8 Å². The van der Waals surface area contributed by atoms with Crippen LogP contribution in [0.2, 0.25) is 0 Å². The third-order valence-corrected chi connectivity index (χ3v) is 8.12. The van der Waals surface area contributed by atoms with E-state index in [-0.39, 0.29) is 30.2 Å². The summed E-state index contributed by atoms with van der Waals surface area (Å²) >= 11 is 0. The molecule has 11 nitrogen and oxygen atoms in total. The molecule has 2 atom stereocenters. The van der Waals surface area contributed by atoms with Gasteiger partial charge in [0.2, 0.25) is 11.8 Å². The molecule has 1 N–H and O–H groups in total. The maximum absolute atomic E-state index is 14.4. The smallest absolute Gasteiger partial charge is 0.249 e. The van der Waals surface area contributed by atoms with Crippen LogP contribution in [0.4, 0.5) is 11.4 Å². The molecule has 1 aromatic heterocycles. The number of fused-ring (bicyclic) bond motifs is 1. The zero-order valence-corrected chi connectivity index (χ0v) is 24.7. The van der Waals surface area contributed by atoms with Crippen molar-refractivity contribution >= 4 is 40.0 Å². The highest BCUT2D eigenvalue weighted by Crippen LogP contribution is 2.31. The number of ketones is 1. The standard InChI is InChI=1S/C33H36N6O5/c1-23(40)25-6-4-7-27(20-25)39(31(41)22-38-30-10-3-2-9-29(30)35-36-38)32(33(42)34-21-28-8-5-17-44-28)24-11-13-26(14-12-24)37-15-18-43-19-16-37/h2-4,6-7,9-14,20,28,32H,5,8,15-19,21-22H2,1H3,(H,34,42)/t28-,32-/m0/s1. The van der Waals surface area contributed by atoms with Gasteiger partial charge in [0.15, 0.2) is 5.78 Å². The average Bonchev–Trinajstić information content (AvgIpc) is 3.73. The lowest BCUT2D eigenvalue weighted by atomic mass is 10.0. The summed E-state index contributed by atoms with van der Waals surface area (Å²) in [6, 6.07) is 20.9. The third-order valence-electron chi connectivity index (χ3n) is 8.12. The molecule has 0 aliphatic carbocycles. The van der Waals surface area contributed by atoms with Gasteiger partial charge in [-0.3, -0.25) is 19.3 Å². The van der Waals surface area contributed by atoms with Gasteiger partial charge in [0, 0.05) is 43.2 Å². The molecule has 3 heterocycles. The van der Waals surface area contributed by atoms with Crippen molar-refractivity contribution in [1.29, 1.82) is 0 Å². The zero-order chi connectivity index (χ0) is 30.5. The highest BCUT2D eigenvalue weighted by molar-refractivity contribution is 6.03. The predicted molar refractivity (Wildman–Crippen MR) is 166 cm³/mol. The van der Waals surface area contributed by atoms with E-state index in [4.69, 9.17) is 9.47 Å².